The molecular weight excluding hydrogens is 398 g/mol. The van der Waals surface area contributed by atoms with Crippen LogP contribution in [0.25, 0.3) is 0 Å². The van der Waals surface area contributed by atoms with Crippen molar-refractivity contribution in [2.75, 3.05) is 11.9 Å². The van der Waals surface area contributed by atoms with E-state index in [0.29, 0.717) is 11.3 Å². The van der Waals surface area contributed by atoms with E-state index in [4.69, 9.17) is 4.74 Å². The van der Waals surface area contributed by atoms with Gasteiger partial charge in [-0.05, 0) is 36.4 Å². The van der Waals surface area contributed by atoms with Crippen LogP contribution >= 0.6 is 11.8 Å². The molecule has 0 saturated carbocycles. The number of esters is 1. The van der Waals surface area contributed by atoms with Crippen LogP contribution in [0.3, 0.4) is 0 Å². The Bertz CT molecular complexity index is 989. The summed E-state index contributed by atoms with van der Waals surface area (Å²) < 4.78 is 4.96. The van der Waals surface area contributed by atoms with Crippen LogP contribution in [0.15, 0.2) is 94.7 Å². The van der Waals surface area contributed by atoms with Gasteiger partial charge >= 0.3 is 5.97 Å². The number of nitrogens with one attached hydrogen (secondary N) is 1. The predicted molar refractivity (Wildman–Crippen MR) is 117 cm³/mol. The fourth-order valence-corrected chi connectivity index (χ4v) is 3.43. The number of Topliss-reactive ketones (excluding diaryl/α,β-unsaturated/α-hetero) is 1. The van der Waals surface area contributed by atoms with Gasteiger partial charge in [0.25, 0.3) is 0 Å². The van der Waals surface area contributed by atoms with E-state index in [1.54, 1.807) is 42.1 Å². The van der Waals surface area contributed by atoms with Crippen molar-refractivity contribution in [3.63, 3.8) is 0 Å². The van der Waals surface area contributed by atoms with Crippen molar-refractivity contribution < 1.29 is 19.1 Å². The highest BCUT2D eigenvalue weighted by Crippen LogP contribution is 2.28. The molecule has 0 spiro atoms. The molecule has 3 aromatic rings. The van der Waals surface area contributed by atoms with Crippen molar-refractivity contribution in [2.24, 2.45) is 0 Å². The number of benzene rings is 3. The molecule has 0 unspecified atom stereocenters. The van der Waals surface area contributed by atoms with E-state index in [0.717, 1.165) is 9.79 Å². The molecule has 0 radical (unpaired) electrons. The lowest BCUT2D eigenvalue weighted by Gasteiger charge is -2.07. The maximum Gasteiger partial charge on any atom is 0.306 e. The van der Waals surface area contributed by atoms with E-state index in [1.807, 2.05) is 54.6 Å². The maximum absolute atomic E-state index is 12.1. The van der Waals surface area contributed by atoms with Gasteiger partial charge in [-0.3, -0.25) is 14.4 Å². The number of rotatable bonds is 9. The molecule has 0 saturated heterocycles. The molecule has 0 aliphatic heterocycles. The first-order chi connectivity index (χ1) is 14.6. The summed E-state index contributed by atoms with van der Waals surface area (Å²) in [6.07, 6.45) is -0.102. The van der Waals surface area contributed by atoms with Gasteiger partial charge < -0.3 is 10.1 Å². The zero-order valence-corrected chi connectivity index (χ0v) is 17.1. The molecule has 0 atom stereocenters. The van der Waals surface area contributed by atoms with Crippen molar-refractivity contribution in [2.45, 2.75) is 22.6 Å². The third-order valence-corrected chi connectivity index (χ3v) is 5.15. The molecule has 1 N–H and O–H groups in total. The SMILES string of the molecule is O=C(CCC(=O)OCC(=O)c1ccccc1)Nc1ccc(Sc2ccccc2)cc1. The topological polar surface area (TPSA) is 72.5 Å². The Labute approximate surface area is 179 Å². The van der Waals surface area contributed by atoms with Gasteiger partial charge in [-0.25, -0.2) is 0 Å². The van der Waals surface area contributed by atoms with Crippen molar-refractivity contribution in [1.82, 2.24) is 0 Å². The van der Waals surface area contributed by atoms with Gasteiger partial charge in [0.15, 0.2) is 12.4 Å². The molecule has 30 heavy (non-hydrogen) atoms. The lowest BCUT2D eigenvalue weighted by molar-refractivity contribution is -0.143. The predicted octanol–water partition coefficient (Wildman–Crippen LogP) is 4.98. The molecule has 0 heterocycles. The second kappa shape index (κ2) is 11.0. The van der Waals surface area contributed by atoms with E-state index < -0.39 is 5.97 Å². The summed E-state index contributed by atoms with van der Waals surface area (Å²) in [5.41, 5.74) is 1.14. The first-order valence-electron chi connectivity index (χ1n) is 9.47. The first kappa shape index (κ1) is 21.3. The van der Waals surface area contributed by atoms with E-state index in [9.17, 15) is 14.4 Å². The van der Waals surface area contributed by atoms with Crippen molar-refractivity contribution in [3.05, 3.63) is 90.5 Å². The van der Waals surface area contributed by atoms with Crippen molar-refractivity contribution >= 4 is 35.1 Å². The average Bonchev–Trinajstić information content (AvgIpc) is 2.78. The molecule has 6 heteroatoms. The number of amides is 1. The van der Waals surface area contributed by atoms with Crippen LogP contribution in [0.1, 0.15) is 23.2 Å². The van der Waals surface area contributed by atoms with Gasteiger partial charge in [-0.15, -0.1) is 0 Å². The van der Waals surface area contributed by atoms with Crippen LogP contribution in [0.2, 0.25) is 0 Å². The molecular formula is C24H21NO4S. The molecule has 0 aliphatic carbocycles. The lowest BCUT2D eigenvalue weighted by atomic mass is 10.1. The van der Waals surface area contributed by atoms with Gasteiger partial charge in [0, 0.05) is 27.5 Å². The summed E-state index contributed by atoms with van der Waals surface area (Å²) in [4.78, 5) is 38.0. The van der Waals surface area contributed by atoms with Gasteiger partial charge in [0.05, 0.1) is 6.42 Å². The molecule has 0 bridgehead atoms. The largest absolute Gasteiger partial charge is 0.457 e. The van der Waals surface area contributed by atoms with E-state index >= 15 is 0 Å². The highest BCUT2D eigenvalue weighted by molar-refractivity contribution is 7.99. The monoisotopic (exact) mass is 419 g/mol. The standard InChI is InChI=1S/C24H21NO4S/c26-22(18-7-3-1-4-8-18)17-29-24(28)16-15-23(27)25-19-11-13-21(14-12-19)30-20-9-5-2-6-10-20/h1-14H,15-17H2,(H,25,27). The number of carbonyl (C=O) groups excluding carboxylic acids is 3. The quantitative estimate of drug-likeness (QED) is 0.391. The summed E-state index contributed by atoms with van der Waals surface area (Å²) in [5.74, 6) is -1.14. The second-order valence-electron chi connectivity index (χ2n) is 6.44. The molecule has 0 aliphatic rings. The van der Waals surface area contributed by atoms with Crippen LogP contribution < -0.4 is 5.32 Å². The van der Waals surface area contributed by atoms with Crippen LogP contribution in [0.5, 0.6) is 0 Å². The molecule has 3 aromatic carbocycles. The van der Waals surface area contributed by atoms with Crippen molar-refractivity contribution in [1.29, 1.82) is 0 Å². The Hall–Kier alpha value is -3.38. The number of carbonyl (C=O) groups is 3. The summed E-state index contributed by atoms with van der Waals surface area (Å²) in [5, 5.41) is 2.76. The zero-order valence-electron chi connectivity index (χ0n) is 16.2. The van der Waals surface area contributed by atoms with Crippen LogP contribution in [0.4, 0.5) is 5.69 Å². The Morgan fingerprint density at radius 3 is 2.00 bits per heavy atom. The fraction of sp³-hybridized carbons (Fsp3) is 0.125. The molecule has 1 amide bonds. The highest BCUT2D eigenvalue weighted by Gasteiger charge is 2.12. The van der Waals surface area contributed by atoms with Crippen LogP contribution in [-0.2, 0) is 14.3 Å². The molecule has 0 fully saturated rings. The summed E-state index contributed by atoms with van der Waals surface area (Å²) in [7, 11) is 0. The number of hydrogen-bond acceptors (Lipinski definition) is 5. The van der Waals surface area contributed by atoms with Crippen LogP contribution in [0, 0.1) is 0 Å². The summed E-state index contributed by atoms with van der Waals surface area (Å²) in [6.45, 7) is -0.328. The number of anilines is 1. The average molecular weight is 420 g/mol. The Morgan fingerprint density at radius 1 is 0.733 bits per heavy atom. The number of ether oxygens (including phenoxy) is 1. The highest BCUT2D eigenvalue weighted by atomic mass is 32.2. The zero-order chi connectivity index (χ0) is 21.2. The minimum Gasteiger partial charge on any atom is -0.457 e. The molecule has 152 valence electrons. The third-order valence-electron chi connectivity index (χ3n) is 4.13. The lowest BCUT2D eigenvalue weighted by Crippen LogP contribution is -2.17. The van der Waals surface area contributed by atoms with Gasteiger partial charge in [-0.1, -0.05) is 60.3 Å². The Balaban J connectivity index is 1.38. The van der Waals surface area contributed by atoms with Gasteiger partial charge in [0.2, 0.25) is 5.91 Å². The van der Waals surface area contributed by atoms with E-state index in [-0.39, 0.29) is 31.1 Å². The minimum absolute atomic E-state index is 0.0150. The minimum atomic E-state index is -0.580. The molecule has 3 rings (SSSR count). The normalized spacial score (nSPS) is 10.3. The molecule has 5 nitrogen and oxygen atoms in total. The smallest absolute Gasteiger partial charge is 0.306 e. The summed E-state index contributed by atoms with van der Waals surface area (Å²) in [6, 6.07) is 26.1. The van der Waals surface area contributed by atoms with E-state index in [1.165, 1.54) is 0 Å². The molecule has 0 aromatic heterocycles. The fourth-order valence-electron chi connectivity index (χ4n) is 2.60. The number of ketones is 1. The first-order valence-corrected chi connectivity index (χ1v) is 10.3. The Kier molecular flexibility index (Phi) is 7.80. The van der Waals surface area contributed by atoms with E-state index in [2.05, 4.69) is 5.32 Å². The number of hydrogen-bond donors (Lipinski definition) is 1. The van der Waals surface area contributed by atoms with Crippen molar-refractivity contribution in [3.8, 4) is 0 Å². The maximum atomic E-state index is 12.1. The third kappa shape index (κ3) is 6.90. The summed E-state index contributed by atoms with van der Waals surface area (Å²) >= 11 is 1.63. The van der Waals surface area contributed by atoms with Gasteiger partial charge in [-0.2, -0.15) is 0 Å². The Morgan fingerprint density at radius 2 is 1.33 bits per heavy atom. The van der Waals surface area contributed by atoms with Crippen LogP contribution in [-0.4, -0.2) is 24.3 Å². The van der Waals surface area contributed by atoms with Gasteiger partial charge in [0.1, 0.15) is 0 Å². The second-order valence-corrected chi connectivity index (χ2v) is 7.58.